The molecule has 0 unspecified atom stereocenters. The summed E-state index contributed by atoms with van der Waals surface area (Å²) in [6.45, 7) is 5.94. The van der Waals surface area contributed by atoms with Gasteiger partial charge in [-0.3, -0.25) is 4.99 Å². The van der Waals surface area contributed by atoms with Crippen LogP contribution in [0.2, 0.25) is 0 Å². The molecule has 19 heavy (non-hydrogen) atoms. The Morgan fingerprint density at radius 3 is 2.79 bits per heavy atom. The number of hydrogen-bond donors (Lipinski definition) is 0. The van der Waals surface area contributed by atoms with E-state index < -0.39 is 0 Å². The minimum atomic E-state index is 0.595. The molecule has 0 aromatic heterocycles. The Labute approximate surface area is 116 Å². The maximum absolute atomic E-state index is 5.78. The second kappa shape index (κ2) is 7.82. The molecule has 0 spiro atoms. The molecule has 1 aliphatic rings. The number of aliphatic imine (C=N–C) groups is 1. The highest BCUT2D eigenvalue weighted by Crippen LogP contribution is 2.11. The number of amidine groups is 1. The third-order valence-electron chi connectivity index (χ3n) is 3.42. The van der Waals surface area contributed by atoms with Gasteiger partial charge in [0.05, 0.1) is 6.54 Å². The summed E-state index contributed by atoms with van der Waals surface area (Å²) < 4.78 is 5.78. The van der Waals surface area contributed by atoms with E-state index in [4.69, 9.17) is 4.74 Å². The van der Waals surface area contributed by atoms with Crippen LogP contribution >= 0.6 is 0 Å². The number of hydrogen-bond acceptors (Lipinski definition) is 3. The zero-order chi connectivity index (χ0) is 13.3. The minimum Gasteiger partial charge on any atom is -0.486 e. The Kier molecular flexibility index (Phi) is 5.73. The Bertz CT molecular complexity index is 389. The van der Waals surface area contributed by atoms with Gasteiger partial charge in [0, 0.05) is 13.1 Å². The molecule has 1 aromatic carbocycles. The van der Waals surface area contributed by atoms with E-state index in [1.807, 2.05) is 30.3 Å². The second-order valence-corrected chi connectivity index (χ2v) is 4.95. The predicted octanol–water partition coefficient (Wildman–Crippen LogP) is 3.36. The molecular weight excluding hydrogens is 236 g/mol. The van der Waals surface area contributed by atoms with E-state index in [0.717, 1.165) is 31.2 Å². The Morgan fingerprint density at radius 1 is 1.16 bits per heavy atom. The summed E-state index contributed by atoms with van der Waals surface area (Å²) in [5.41, 5.74) is 0. The van der Waals surface area contributed by atoms with Gasteiger partial charge in [-0.05, 0) is 18.6 Å². The molecule has 0 saturated carbocycles. The molecule has 0 atom stereocenters. The molecule has 0 saturated heterocycles. The van der Waals surface area contributed by atoms with E-state index >= 15 is 0 Å². The minimum absolute atomic E-state index is 0.595. The van der Waals surface area contributed by atoms with Gasteiger partial charge in [-0.15, -0.1) is 0 Å². The second-order valence-electron chi connectivity index (χ2n) is 4.95. The summed E-state index contributed by atoms with van der Waals surface area (Å²) >= 11 is 0. The predicted molar refractivity (Wildman–Crippen MR) is 80.0 cm³/mol. The van der Waals surface area contributed by atoms with Gasteiger partial charge in [0.1, 0.15) is 18.2 Å². The van der Waals surface area contributed by atoms with Crippen LogP contribution in [0.4, 0.5) is 0 Å². The smallest absolute Gasteiger partial charge is 0.145 e. The number of ether oxygens (including phenoxy) is 1. The van der Waals surface area contributed by atoms with Crippen LogP contribution in [0.3, 0.4) is 0 Å². The fourth-order valence-electron chi connectivity index (χ4n) is 2.30. The van der Waals surface area contributed by atoms with Crippen molar-refractivity contribution in [3.63, 3.8) is 0 Å². The molecule has 1 heterocycles. The zero-order valence-corrected chi connectivity index (χ0v) is 11.8. The first-order chi connectivity index (χ1) is 9.40. The van der Waals surface area contributed by atoms with Crippen molar-refractivity contribution in [1.29, 1.82) is 0 Å². The Morgan fingerprint density at radius 2 is 2.00 bits per heavy atom. The average molecular weight is 260 g/mol. The van der Waals surface area contributed by atoms with Crippen LogP contribution in [-0.4, -0.2) is 37.0 Å². The SMILES string of the molecule is CCCCCCN1CCN=C1COc1ccccc1. The van der Waals surface area contributed by atoms with Crippen LogP contribution < -0.4 is 4.74 Å². The molecule has 0 bridgehead atoms. The van der Waals surface area contributed by atoms with Crippen LogP contribution in [0, 0.1) is 0 Å². The molecule has 0 fully saturated rings. The molecule has 0 N–H and O–H groups in total. The first-order valence-corrected chi connectivity index (χ1v) is 7.36. The molecule has 1 aromatic rings. The lowest BCUT2D eigenvalue weighted by Crippen LogP contribution is -2.32. The molecule has 3 nitrogen and oxygen atoms in total. The van der Waals surface area contributed by atoms with Gasteiger partial charge >= 0.3 is 0 Å². The highest BCUT2D eigenvalue weighted by Gasteiger charge is 2.16. The normalized spacial score (nSPS) is 14.6. The van der Waals surface area contributed by atoms with Gasteiger partial charge in [0.25, 0.3) is 0 Å². The fourth-order valence-corrected chi connectivity index (χ4v) is 2.30. The molecule has 0 aliphatic carbocycles. The van der Waals surface area contributed by atoms with Crippen molar-refractivity contribution in [2.75, 3.05) is 26.2 Å². The Hall–Kier alpha value is -1.51. The van der Waals surface area contributed by atoms with Crippen LogP contribution in [0.15, 0.2) is 35.3 Å². The van der Waals surface area contributed by atoms with Crippen LogP contribution in [0.25, 0.3) is 0 Å². The summed E-state index contributed by atoms with van der Waals surface area (Å²) in [6, 6.07) is 9.96. The lowest BCUT2D eigenvalue weighted by Gasteiger charge is -2.20. The molecule has 0 radical (unpaired) electrons. The average Bonchev–Trinajstić information content (AvgIpc) is 2.90. The summed E-state index contributed by atoms with van der Waals surface area (Å²) in [4.78, 5) is 6.92. The fraction of sp³-hybridized carbons (Fsp3) is 0.562. The van der Waals surface area contributed by atoms with Crippen molar-refractivity contribution in [3.05, 3.63) is 30.3 Å². The van der Waals surface area contributed by atoms with E-state index in [0.29, 0.717) is 6.61 Å². The number of benzene rings is 1. The van der Waals surface area contributed by atoms with E-state index in [1.54, 1.807) is 0 Å². The van der Waals surface area contributed by atoms with Crippen LogP contribution in [-0.2, 0) is 0 Å². The van der Waals surface area contributed by atoms with Crippen LogP contribution in [0.5, 0.6) is 5.75 Å². The maximum atomic E-state index is 5.78. The van der Waals surface area contributed by atoms with Crippen molar-refractivity contribution < 1.29 is 4.74 Å². The summed E-state index contributed by atoms with van der Waals surface area (Å²) in [6.07, 6.45) is 5.21. The lowest BCUT2D eigenvalue weighted by atomic mass is 10.2. The van der Waals surface area contributed by atoms with E-state index in [9.17, 15) is 0 Å². The maximum Gasteiger partial charge on any atom is 0.145 e. The highest BCUT2D eigenvalue weighted by molar-refractivity contribution is 5.85. The topological polar surface area (TPSA) is 24.8 Å². The number of nitrogens with zero attached hydrogens (tertiary/aromatic N) is 2. The van der Waals surface area contributed by atoms with Gasteiger partial charge in [-0.1, -0.05) is 44.4 Å². The molecule has 104 valence electrons. The van der Waals surface area contributed by atoms with Crippen molar-refractivity contribution in [2.45, 2.75) is 32.6 Å². The highest BCUT2D eigenvalue weighted by atomic mass is 16.5. The van der Waals surface area contributed by atoms with Crippen molar-refractivity contribution in [1.82, 2.24) is 4.90 Å². The number of para-hydroxylation sites is 1. The van der Waals surface area contributed by atoms with Crippen molar-refractivity contribution in [2.24, 2.45) is 4.99 Å². The molecule has 3 heteroatoms. The quantitative estimate of drug-likeness (QED) is 0.670. The van der Waals surface area contributed by atoms with Gasteiger partial charge in [0.2, 0.25) is 0 Å². The third-order valence-corrected chi connectivity index (χ3v) is 3.42. The first-order valence-electron chi connectivity index (χ1n) is 7.36. The van der Waals surface area contributed by atoms with Crippen molar-refractivity contribution in [3.8, 4) is 5.75 Å². The molecular formula is C16H24N2O. The standard InChI is InChI=1S/C16H24N2O/c1-2-3-4-8-12-18-13-11-17-16(18)14-19-15-9-6-5-7-10-15/h5-7,9-10H,2-4,8,11-14H2,1H3. The molecule has 0 amide bonds. The largest absolute Gasteiger partial charge is 0.486 e. The van der Waals surface area contributed by atoms with Crippen LogP contribution in [0.1, 0.15) is 32.6 Å². The summed E-state index contributed by atoms with van der Waals surface area (Å²) in [5.74, 6) is 2.03. The number of unbranched alkanes of at least 4 members (excludes halogenated alkanes) is 3. The number of rotatable bonds is 8. The van der Waals surface area contributed by atoms with E-state index in [-0.39, 0.29) is 0 Å². The lowest BCUT2D eigenvalue weighted by molar-refractivity contribution is 0.344. The zero-order valence-electron chi connectivity index (χ0n) is 11.8. The monoisotopic (exact) mass is 260 g/mol. The summed E-state index contributed by atoms with van der Waals surface area (Å²) in [7, 11) is 0. The molecule has 1 aliphatic heterocycles. The van der Waals surface area contributed by atoms with Gasteiger partial charge in [-0.25, -0.2) is 0 Å². The van der Waals surface area contributed by atoms with Gasteiger partial charge in [0.15, 0.2) is 0 Å². The first kappa shape index (κ1) is 13.9. The van der Waals surface area contributed by atoms with Gasteiger partial charge in [-0.2, -0.15) is 0 Å². The van der Waals surface area contributed by atoms with E-state index in [2.05, 4.69) is 16.8 Å². The van der Waals surface area contributed by atoms with Crippen molar-refractivity contribution >= 4 is 5.84 Å². The summed E-state index contributed by atoms with van der Waals surface area (Å²) in [5, 5.41) is 0. The Balaban J connectivity index is 1.73. The van der Waals surface area contributed by atoms with Gasteiger partial charge < -0.3 is 9.64 Å². The molecule has 2 rings (SSSR count). The van der Waals surface area contributed by atoms with E-state index in [1.165, 1.54) is 25.7 Å². The third kappa shape index (κ3) is 4.58.